The van der Waals surface area contributed by atoms with Crippen LogP contribution in [0.2, 0.25) is 0 Å². The fraction of sp³-hybridized carbons (Fsp3) is 0.294. The molecule has 140 valence electrons. The van der Waals surface area contributed by atoms with E-state index in [9.17, 15) is 16.8 Å². The zero-order valence-corrected chi connectivity index (χ0v) is 15.9. The van der Waals surface area contributed by atoms with Crippen molar-refractivity contribution >= 4 is 19.9 Å². The second-order valence-corrected chi connectivity index (χ2v) is 9.72. The minimum Gasteiger partial charge on any atom is -0.486 e. The molecule has 3 rings (SSSR count). The van der Waals surface area contributed by atoms with Crippen LogP contribution >= 0.6 is 0 Å². The summed E-state index contributed by atoms with van der Waals surface area (Å²) in [4.78, 5) is 0.0608. The summed E-state index contributed by atoms with van der Waals surface area (Å²) in [5.74, 6) is 1.21. The summed E-state index contributed by atoms with van der Waals surface area (Å²) in [6.07, 6.45) is 1.07. The highest BCUT2D eigenvalue weighted by Crippen LogP contribution is 2.33. The van der Waals surface area contributed by atoms with E-state index < -0.39 is 25.9 Å². The van der Waals surface area contributed by atoms with Gasteiger partial charge in [0.15, 0.2) is 21.3 Å². The molecule has 0 bridgehead atoms. The van der Waals surface area contributed by atoms with Gasteiger partial charge in [-0.3, -0.25) is 0 Å². The third kappa shape index (κ3) is 4.00. The zero-order valence-electron chi connectivity index (χ0n) is 14.3. The fourth-order valence-corrected chi connectivity index (χ4v) is 4.43. The van der Waals surface area contributed by atoms with Gasteiger partial charge in [0.1, 0.15) is 13.2 Å². The number of nitrogens with one attached hydrogen (secondary N) is 1. The zero-order chi connectivity index (χ0) is 18.9. The first-order valence-corrected chi connectivity index (χ1v) is 11.3. The van der Waals surface area contributed by atoms with Crippen molar-refractivity contribution in [2.75, 3.05) is 19.5 Å². The van der Waals surface area contributed by atoms with Gasteiger partial charge in [-0.2, -0.15) is 0 Å². The van der Waals surface area contributed by atoms with Gasteiger partial charge in [-0.05, 0) is 48.9 Å². The van der Waals surface area contributed by atoms with Crippen molar-refractivity contribution in [1.82, 2.24) is 4.72 Å². The van der Waals surface area contributed by atoms with Crippen molar-refractivity contribution in [2.45, 2.75) is 22.8 Å². The van der Waals surface area contributed by atoms with Gasteiger partial charge in [-0.1, -0.05) is 6.07 Å². The van der Waals surface area contributed by atoms with Crippen LogP contribution in [0.15, 0.2) is 52.3 Å². The van der Waals surface area contributed by atoms with Crippen molar-refractivity contribution in [3.63, 3.8) is 0 Å². The molecule has 0 unspecified atom stereocenters. The monoisotopic (exact) mass is 397 g/mol. The molecule has 0 amide bonds. The van der Waals surface area contributed by atoms with E-state index in [2.05, 4.69) is 4.72 Å². The van der Waals surface area contributed by atoms with Crippen LogP contribution in [0.3, 0.4) is 0 Å². The second kappa shape index (κ2) is 6.90. The summed E-state index contributed by atoms with van der Waals surface area (Å²) in [6.45, 7) is 2.65. The van der Waals surface area contributed by atoms with E-state index in [1.54, 1.807) is 25.1 Å². The summed E-state index contributed by atoms with van der Waals surface area (Å²) in [5, 5.41) is 0. The van der Waals surface area contributed by atoms with E-state index in [4.69, 9.17) is 9.47 Å². The summed E-state index contributed by atoms with van der Waals surface area (Å²) in [5.41, 5.74) is 0.727. The van der Waals surface area contributed by atoms with Crippen LogP contribution in [0.25, 0.3) is 0 Å². The van der Waals surface area contributed by atoms with E-state index >= 15 is 0 Å². The first-order valence-electron chi connectivity index (χ1n) is 7.89. The molecule has 1 atom stereocenters. The van der Waals surface area contributed by atoms with Crippen molar-refractivity contribution in [1.29, 1.82) is 0 Å². The molecule has 0 spiro atoms. The quantitative estimate of drug-likeness (QED) is 0.827. The Morgan fingerprint density at radius 2 is 1.46 bits per heavy atom. The van der Waals surface area contributed by atoms with Gasteiger partial charge in [0, 0.05) is 12.3 Å². The Bertz CT molecular complexity index is 1010. The summed E-state index contributed by atoms with van der Waals surface area (Å²) in [6, 6.07) is 9.85. The third-order valence-corrected chi connectivity index (χ3v) is 6.65. The molecule has 26 heavy (non-hydrogen) atoms. The SMILES string of the molecule is C[C@H](NS(=O)(=O)c1ccc(S(C)(=O)=O)cc1)c1ccc2c(c1)OCCO2. The highest BCUT2D eigenvalue weighted by molar-refractivity contribution is 7.90. The normalized spacial score (nSPS) is 15.5. The van der Waals surface area contributed by atoms with E-state index in [0.717, 1.165) is 11.8 Å². The Morgan fingerprint density at radius 3 is 2.08 bits per heavy atom. The van der Waals surface area contributed by atoms with Crippen LogP contribution in [0.1, 0.15) is 18.5 Å². The standard InChI is InChI=1S/C17H19NO6S2/c1-12(13-3-8-16-17(11-13)24-10-9-23-16)18-26(21,22)15-6-4-14(5-7-15)25(2,19)20/h3-8,11-12,18H,9-10H2,1-2H3/t12-/m0/s1. The van der Waals surface area contributed by atoms with Crippen LogP contribution in [0.5, 0.6) is 11.5 Å². The Labute approximate surface area is 152 Å². The minimum atomic E-state index is -3.81. The molecule has 1 N–H and O–H groups in total. The molecule has 0 saturated heterocycles. The maximum absolute atomic E-state index is 12.5. The molecule has 1 aliphatic rings. The smallest absolute Gasteiger partial charge is 0.241 e. The average molecular weight is 397 g/mol. The van der Waals surface area contributed by atoms with E-state index in [-0.39, 0.29) is 9.79 Å². The predicted octanol–water partition coefficient (Wildman–Crippen LogP) is 1.90. The average Bonchev–Trinajstić information content (AvgIpc) is 2.60. The lowest BCUT2D eigenvalue weighted by Crippen LogP contribution is -2.27. The van der Waals surface area contributed by atoms with Crippen molar-refractivity contribution in [3.05, 3.63) is 48.0 Å². The first-order chi connectivity index (χ1) is 12.2. The highest BCUT2D eigenvalue weighted by atomic mass is 32.2. The van der Waals surface area contributed by atoms with Gasteiger partial charge in [0.25, 0.3) is 0 Å². The predicted molar refractivity (Wildman–Crippen MR) is 95.7 cm³/mol. The van der Waals surface area contributed by atoms with E-state index in [1.165, 1.54) is 24.3 Å². The Morgan fingerprint density at radius 1 is 0.885 bits per heavy atom. The Balaban J connectivity index is 1.80. The van der Waals surface area contributed by atoms with Crippen LogP contribution in [0, 0.1) is 0 Å². The number of rotatable bonds is 5. The number of ether oxygens (including phenoxy) is 2. The first kappa shape index (κ1) is 18.7. The van der Waals surface area contributed by atoms with Gasteiger partial charge in [-0.25, -0.2) is 21.6 Å². The molecule has 7 nitrogen and oxygen atoms in total. The number of fused-ring (bicyclic) bond motifs is 1. The van der Waals surface area contributed by atoms with Crippen LogP contribution in [0.4, 0.5) is 0 Å². The number of hydrogen-bond acceptors (Lipinski definition) is 6. The van der Waals surface area contributed by atoms with Gasteiger partial charge in [-0.15, -0.1) is 0 Å². The van der Waals surface area contributed by atoms with Gasteiger partial charge >= 0.3 is 0 Å². The fourth-order valence-electron chi connectivity index (χ4n) is 2.56. The molecule has 1 heterocycles. The van der Waals surface area contributed by atoms with Crippen molar-refractivity contribution in [2.24, 2.45) is 0 Å². The van der Waals surface area contributed by atoms with Gasteiger partial charge in [0.2, 0.25) is 10.0 Å². The topological polar surface area (TPSA) is 98.8 Å². The molecular weight excluding hydrogens is 378 g/mol. The summed E-state index contributed by atoms with van der Waals surface area (Å²) < 4.78 is 61.6. The summed E-state index contributed by atoms with van der Waals surface area (Å²) in [7, 11) is -7.19. The molecule has 1 aliphatic heterocycles. The van der Waals surface area contributed by atoms with Crippen molar-refractivity contribution in [3.8, 4) is 11.5 Å². The largest absolute Gasteiger partial charge is 0.486 e. The molecule has 0 aliphatic carbocycles. The molecule has 0 radical (unpaired) electrons. The molecule has 0 aromatic heterocycles. The number of benzene rings is 2. The van der Waals surface area contributed by atoms with Crippen LogP contribution < -0.4 is 14.2 Å². The lowest BCUT2D eigenvalue weighted by atomic mass is 10.1. The Hall–Kier alpha value is -2.10. The molecule has 0 fully saturated rings. The number of sulfonamides is 1. The maximum atomic E-state index is 12.5. The lowest BCUT2D eigenvalue weighted by Gasteiger charge is -2.21. The summed E-state index contributed by atoms with van der Waals surface area (Å²) >= 11 is 0. The van der Waals surface area contributed by atoms with Crippen molar-refractivity contribution < 1.29 is 26.3 Å². The third-order valence-electron chi connectivity index (χ3n) is 3.96. The molecule has 0 saturated carbocycles. The highest BCUT2D eigenvalue weighted by Gasteiger charge is 2.21. The maximum Gasteiger partial charge on any atom is 0.241 e. The molecule has 2 aromatic carbocycles. The number of hydrogen-bond donors (Lipinski definition) is 1. The van der Waals surface area contributed by atoms with E-state index in [0.29, 0.717) is 24.7 Å². The Kier molecular flexibility index (Phi) is 4.96. The lowest BCUT2D eigenvalue weighted by molar-refractivity contribution is 0.171. The van der Waals surface area contributed by atoms with Crippen LogP contribution in [-0.2, 0) is 19.9 Å². The van der Waals surface area contributed by atoms with Crippen LogP contribution in [-0.4, -0.2) is 36.3 Å². The molecular formula is C17H19NO6S2. The van der Waals surface area contributed by atoms with E-state index in [1.807, 2.05) is 0 Å². The molecule has 2 aromatic rings. The minimum absolute atomic E-state index is 0.00528. The number of sulfone groups is 1. The van der Waals surface area contributed by atoms with Gasteiger partial charge < -0.3 is 9.47 Å². The second-order valence-electron chi connectivity index (χ2n) is 5.99. The molecule has 9 heteroatoms. The van der Waals surface area contributed by atoms with Gasteiger partial charge in [0.05, 0.1) is 9.79 Å².